The lowest BCUT2D eigenvalue weighted by Gasteiger charge is -2.34. The summed E-state index contributed by atoms with van der Waals surface area (Å²) in [5, 5.41) is 4.07. The van der Waals surface area contributed by atoms with Gasteiger partial charge in [0, 0.05) is 48.5 Å². The van der Waals surface area contributed by atoms with Gasteiger partial charge in [0.2, 0.25) is 5.95 Å². The van der Waals surface area contributed by atoms with E-state index in [1.54, 1.807) is 0 Å². The molecule has 144 valence electrons. The number of benzene rings is 2. The molecule has 1 N–H and O–H groups in total. The van der Waals surface area contributed by atoms with Crippen molar-refractivity contribution in [2.75, 3.05) is 42.9 Å². The van der Waals surface area contributed by atoms with E-state index in [9.17, 15) is 0 Å². The van der Waals surface area contributed by atoms with Gasteiger partial charge in [0.15, 0.2) is 0 Å². The summed E-state index contributed by atoms with van der Waals surface area (Å²) in [7, 11) is 0. The minimum absolute atomic E-state index is 0.693. The molecule has 0 radical (unpaired) electrons. The number of anilines is 3. The molecule has 1 fully saturated rings. The lowest BCUT2D eigenvalue weighted by atomic mass is 10.1. The van der Waals surface area contributed by atoms with Crippen LogP contribution in [0.5, 0.6) is 0 Å². The molecule has 0 saturated carbocycles. The predicted molar refractivity (Wildman–Crippen MR) is 117 cm³/mol. The van der Waals surface area contributed by atoms with Gasteiger partial charge in [-0.25, -0.2) is 4.98 Å². The maximum atomic E-state index is 6.13. The zero-order valence-corrected chi connectivity index (χ0v) is 16.7. The SMILES string of the molecule is CCN1CCN(c2nc(Nc3cccc(Cl)c3)cc(-c3ccccc3)n2)CC1. The third-order valence-corrected chi connectivity index (χ3v) is 5.22. The fraction of sp³-hybridized carbons (Fsp3) is 0.273. The molecular formula is C22H24ClN5. The predicted octanol–water partition coefficient (Wildman–Crippen LogP) is 4.68. The number of piperazine rings is 1. The van der Waals surface area contributed by atoms with Gasteiger partial charge in [-0.1, -0.05) is 54.9 Å². The molecule has 6 heteroatoms. The Morgan fingerprint density at radius 2 is 1.71 bits per heavy atom. The second-order valence-corrected chi connectivity index (χ2v) is 7.30. The Hall–Kier alpha value is -2.63. The molecular weight excluding hydrogens is 370 g/mol. The van der Waals surface area contributed by atoms with Gasteiger partial charge in [0.25, 0.3) is 0 Å². The first kappa shape index (κ1) is 18.7. The van der Waals surface area contributed by atoms with Crippen molar-refractivity contribution < 1.29 is 0 Å². The van der Waals surface area contributed by atoms with Gasteiger partial charge in [-0.15, -0.1) is 0 Å². The molecule has 0 bridgehead atoms. The minimum atomic E-state index is 0.693. The number of hydrogen-bond donors (Lipinski definition) is 1. The van der Waals surface area contributed by atoms with Crippen LogP contribution in [0.1, 0.15) is 6.92 Å². The number of aromatic nitrogens is 2. The van der Waals surface area contributed by atoms with Gasteiger partial charge in [0.05, 0.1) is 5.69 Å². The molecule has 2 heterocycles. The summed E-state index contributed by atoms with van der Waals surface area (Å²) in [5.74, 6) is 1.53. The molecule has 28 heavy (non-hydrogen) atoms. The summed E-state index contributed by atoms with van der Waals surface area (Å²) in [6.45, 7) is 7.22. The molecule has 1 saturated heterocycles. The van der Waals surface area contributed by atoms with Crippen LogP contribution in [0.15, 0.2) is 60.7 Å². The zero-order chi connectivity index (χ0) is 19.3. The summed E-state index contributed by atoms with van der Waals surface area (Å²) in [5.41, 5.74) is 2.90. The van der Waals surface area contributed by atoms with E-state index in [-0.39, 0.29) is 0 Å². The number of nitrogens with zero attached hydrogens (tertiary/aromatic N) is 4. The molecule has 0 amide bonds. The van der Waals surface area contributed by atoms with Gasteiger partial charge < -0.3 is 15.1 Å². The highest BCUT2D eigenvalue weighted by atomic mass is 35.5. The van der Waals surface area contributed by atoms with Crippen LogP contribution in [-0.2, 0) is 0 Å². The van der Waals surface area contributed by atoms with Crippen molar-refractivity contribution in [1.82, 2.24) is 14.9 Å². The van der Waals surface area contributed by atoms with Crippen LogP contribution in [-0.4, -0.2) is 47.6 Å². The molecule has 1 aromatic heterocycles. The number of halogens is 1. The maximum absolute atomic E-state index is 6.13. The van der Waals surface area contributed by atoms with Crippen LogP contribution >= 0.6 is 11.6 Å². The van der Waals surface area contributed by atoms with Gasteiger partial charge >= 0.3 is 0 Å². The average Bonchev–Trinajstić information content (AvgIpc) is 2.74. The number of likely N-dealkylation sites (N-methyl/N-ethyl adjacent to an activating group) is 1. The smallest absolute Gasteiger partial charge is 0.227 e. The van der Waals surface area contributed by atoms with Crippen molar-refractivity contribution in [2.45, 2.75) is 6.92 Å². The van der Waals surface area contributed by atoms with Crippen molar-refractivity contribution in [1.29, 1.82) is 0 Å². The van der Waals surface area contributed by atoms with E-state index in [1.165, 1.54) is 0 Å². The van der Waals surface area contributed by atoms with Crippen molar-refractivity contribution in [2.24, 2.45) is 0 Å². The van der Waals surface area contributed by atoms with Crippen molar-refractivity contribution in [3.05, 3.63) is 65.7 Å². The molecule has 1 aliphatic rings. The normalized spacial score (nSPS) is 14.9. The summed E-state index contributed by atoms with van der Waals surface area (Å²) in [4.78, 5) is 14.4. The van der Waals surface area contributed by atoms with Crippen molar-refractivity contribution >= 4 is 29.1 Å². The van der Waals surface area contributed by atoms with E-state index < -0.39 is 0 Å². The van der Waals surface area contributed by atoms with Crippen LogP contribution in [0.4, 0.5) is 17.5 Å². The highest BCUT2D eigenvalue weighted by Crippen LogP contribution is 2.26. The number of nitrogens with one attached hydrogen (secondary N) is 1. The summed E-state index contributed by atoms with van der Waals surface area (Å²) in [6.07, 6.45) is 0. The van der Waals surface area contributed by atoms with E-state index in [2.05, 4.69) is 34.2 Å². The fourth-order valence-corrected chi connectivity index (χ4v) is 3.57. The molecule has 0 unspecified atom stereocenters. The Balaban J connectivity index is 1.67. The van der Waals surface area contributed by atoms with E-state index in [4.69, 9.17) is 21.6 Å². The second kappa shape index (κ2) is 8.59. The molecule has 2 aromatic carbocycles. The lowest BCUT2D eigenvalue weighted by Crippen LogP contribution is -2.46. The second-order valence-electron chi connectivity index (χ2n) is 6.86. The molecule has 0 aliphatic carbocycles. The van der Waals surface area contributed by atoms with Crippen LogP contribution < -0.4 is 10.2 Å². The molecule has 0 atom stereocenters. The van der Waals surface area contributed by atoms with Crippen LogP contribution in [0.3, 0.4) is 0 Å². The van der Waals surface area contributed by atoms with E-state index in [0.717, 1.165) is 61.4 Å². The van der Waals surface area contributed by atoms with Crippen LogP contribution in [0.25, 0.3) is 11.3 Å². The zero-order valence-electron chi connectivity index (χ0n) is 16.0. The standard InChI is InChI=1S/C22H24ClN5/c1-2-27-11-13-28(14-12-27)22-25-20(17-7-4-3-5-8-17)16-21(26-22)24-19-10-6-9-18(23)15-19/h3-10,15-16H,2,11-14H2,1H3,(H,24,25,26). The van der Waals surface area contributed by atoms with Crippen molar-refractivity contribution in [3.63, 3.8) is 0 Å². The summed E-state index contributed by atoms with van der Waals surface area (Å²) >= 11 is 6.13. The monoisotopic (exact) mass is 393 g/mol. The Labute approximate surface area is 171 Å². The highest BCUT2D eigenvalue weighted by Gasteiger charge is 2.19. The Morgan fingerprint density at radius 1 is 0.929 bits per heavy atom. The third kappa shape index (κ3) is 4.43. The van der Waals surface area contributed by atoms with Gasteiger partial charge in [-0.3, -0.25) is 0 Å². The van der Waals surface area contributed by atoms with E-state index in [1.807, 2.05) is 48.5 Å². The topological polar surface area (TPSA) is 44.3 Å². The van der Waals surface area contributed by atoms with Crippen molar-refractivity contribution in [3.8, 4) is 11.3 Å². The largest absolute Gasteiger partial charge is 0.340 e. The maximum Gasteiger partial charge on any atom is 0.227 e. The third-order valence-electron chi connectivity index (χ3n) is 4.98. The molecule has 5 nitrogen and oxygen atoms in total. The van der Waals surface area contributed by atoms with E-state index in [0.29, 0.717) is 5.02 Å². The van der Waals surface area contributed by atoms with E-state index >= 15 is 0 Å². The average molecular weight is 394 g/mol. The van der Waals surface area contributed by atoms with Crippen LogP contribution in [0.2, 0.25) is 5.02 Å². The van der Waals surface area contributed by atoms with Crippen LogP contribution in [0, 0.1) is 0 Å². The first-order chi connectivity index (χ1) is 13.7. The number of rotatable bonds is 5. The van der Waals surface area contributed by atoms with Gasteiger partial charge in [-0.2, -0.15) is 4.98 Å². The summed E-state index contributed by atoms with van der Waals surface area (Å²) in [6, 6.07) is 19.9. The Morgan fingerprint density at radius 3 is 2.43 bits per heavy atom. The highest BCUT2D eigenvalue weighted by molar-refractivity contribution is 6.30. The fourth-order valence-electron chi connectivity index (χ4n) is 3.37. The molecule has 0 spiro atoms. The summed E-state index contributed by atoms with van der Waals surface area (Å²) < 4.78 is 0. The Bertz CT molecular complexity index is 923. The first-order valence-electron chi connectivity index (χ1n) is 9.65. The quantitative estimate of drug-likeness (QED) is 0.681. The molecule has 3 aromatic rings. The molecule has 1 aliphatic heterocycles. The molecule has 4 rings (SSSR count). The lowest BCUT2D eigenvalue weighted by molar-refractivity contribution is 0.270. The minimum Gasteiger partial charge on any atom is -0.340 e. The van der Waals surface area contributed by atoms with Gasteiger partial charge in [-0.05, 0) is 24.7 Å². The first-order valence-corrected chi connectivity index (χ1v) is 10.0. The number of hydrogen-bond acceptors (Lipinski definition) is 5. The Kier molecular flexibility index (Phi) is 5.74. The van der Waals surface area contributed by atoms with Gasteiger partial charge in [0.1, 0.15) is 5.82 Å².